The number of hydrogen-bond acceptors (Lipinski definition) is 3. The fourth-order valence-electron chi connectivity index (χ4n) is 2.74. The molecule has 19 heavy (non-hydrogen) atoms. The minimum atomic E-state index is 0.163. The van der Waals surface area contributed by atoms with Crippen molar-refractivity contribution in [1.82, 2.24) is 10.3 Å². The average molecular weight is 264 g/mol. The second kappa shape index (κ2) is 6.56. The molecule has 1 fully saturated rings. The molecule has 3 heteroatoms. The highest BCUT2D eigenvalue weighted by molar-refractivity contribution is 5.02. The highest BCUT2D eigenvalue weighted by atomic mass is 16.4. The molecule has 1 N–H and O–H groups in total. The summed E-state index contributed by atoms with van der Waals surface area (Å²) in [5.41, 5.74) is 0.163. The Hall–Kier alpha value is -0.830. The van der Waals surface area contributed by atoms with Gasteiger partial charge in [-0.05, 0) is 33.6 Å². The number of hydrogen-bond donors (Lipinski definition) is 1. The van der Waals surface area contributed by atoms with E-state index in [1.54, 1.807) is 0 Å². The summed E-state index contributed by atoms with van der Waals surface area (Å²) in [7, 11) is 0. The van der Waals surface area contributed by atoms with Gasteiger partial charge in [0.1, 0.15) is 5.76 Å². The molecule has 3 nitrogen and oxygen atoms in total. The van der Waals surface area contributed by atoms with Gasteiger partial charge in [-0.3, -0.25) is 0 Å². The Morgan fingerprint density at radius 2 is 1.89 bits per heavy atom. The first kappa shape index (κ1) is 14.6. The van der Waals surface area contributed by atoms with E-state index in [1.807, 2.05) is 6.20 Å². The third-order valence-corrected chi connectivity index (χ3v) is 3.82. The largest absolute Gasteiger partial charge is 0.445 e. The summed E-state index contributed by atoms with van der Waals surface area (Å²) in [6.07, 6.45) is 10.8. The van der Waals surface area contributed by atoms with Gasteiger partial charge in [0.2, 0.25) is 0 Å². The monoisotopic (exact) mass is 264 g/mol. The van der Waals surface area contributed by atoms with Crippen molar-refractivity contribution in [3.63, 3.8) is 0 Å². The van der Waals surface area contributed by atoms with Gasteiger partial charge < -0.3 is 9.73 Å². The maximum Gasteiger partial charge on any atom is 0.195 e. The second-order valence-electron chi connectivity index (χ2n) is 6.77. The van der Waals surface area contributed by atoms with Crippen LogP contribution in [0, 0.1) is 0 Å². The van der Waals surface area contributed by atoms with Crippen LogP contribution in [-0.4, -0.2) is 17.1 Å². The molecule has 1 aliphatic rings. The summed E-state index contributed by atoms with van der Waals surface area (Å²) in [5.74, 6) is 2.61. The van der Waals surface area contributed by atoms with Crippen LogP contribution in [0.1, 0.15) is 76.9 Å². The number of oxazole rings is 1. The zero-order valence-electron chi connectivity index (χ0n) is 12.7. The van der Waals surface area contributed by atoms with Crippen LogP contribution in [0.3, 0.4) is 0 Å². The van der Waals surface area contributed by atoms with Crippen LogP contribution in [0.25, 0.3) is 0 Å². The van der Waals surface area contributed by atoms with Crippen LogP contribution in [0.5, 0.6) is 0 Å². The van der Waals surface area contributed by atoms with E-state index in [0.717, 1.165) is 24.6 Å². The highest BCUT2D eigenvalue weighted by Crippen LogP contribution is 2.31. The summed E-state index contributed by atoms with van der Waals surface area (Å²) >= 11 is 0. The van der Waals surface area contributed by atoms with Crippen LogP contribution in [0.2, 0.25) is 0 Å². The minimum absolute atomic E-state index is 0.163. The molecular weight excluding hydrogens is 236 g/mol. The number of rotatable bonds is 4. The van der Waals surface area contributed by atoms with Gasteiger partial charge in [-0.15, -0.1) is 0 Å². The van der Waals surface area contributed by atoms with Gasteiger partial charge >= 0.3 is 0 Å². The third kappa shape index (κ3) is 4.98. The van der Waals surface area contributed by atoms with E-state index < -0.39 is 0 Å². The molecule has 0 aliphatic heterocycles. The molecule has 1 aromatic rings. The van der Waals surface area contributed by atoms with E-state index in [-0.39, 0.29) is 5.54 Å². The van der Waals surface area contributed by atoms with Crippen LogP contribution >= 0.6 is 0 Å². The zero-order valence-corrected chi connectivity index (χ0v) is 12.7. The standard InChI is InChI=1S/C16H28N2O/c1-16(2,3)18-11-10-15-17-12-14(19-15)13-8-6-4-5-7-9-13/h12-13,18H,4-11H2,1-3H3. The summed E-state index contributed by atoms with van der Waals surface area (Å²) in [6, 6.07) is 0. The third-order valence-electron chi connectivity index (χ3n) is 3.82. The normalized spacial score (nSPS) is 18.5. The van der Waals surface area contributed by atoms with E-state index >= 15 is 0 Å². The molecule has 1 aromatic heterocycles. The summed E-state index contributed by atoms with van der Waals surface area (Å²) in [4.78, 5) is 4.43. The topological polar surface area (TPSA) is 38.1 Å². The maximum atomic E-state index is 5.94. The Morgan fingerprint density at radius 1 is 1.21 bits per heavy atom. The lowest BCUT2D eigenvalue weighted by Gasteiger charge is -2.19. The summed E-state index contributed by atoms with van der Waals surface area (Å²) in [6.45, 7) is 7.46. The van der Waals surface area contributed by atoms with Crippen molar-refractivity contribution in [3.05, 3.63) is 17.8 Å². The molecule has 0 spiro atoms. The molecule has 1 heterocycles. The Bertz CT molecular complexity index is 370. The van der Waals surface area contributed by atoms with Crippen LogP contribution in [0.15, 0.2) is 10.6 Å². The van der Waals surface area contributed by atoms with E-state index in [0.29, 0.717) is 5.92 Å². The van der Waals surface area contributed by atoms with Gasteiger partial charge in [0.15, 0.2) is 5.89 Å². The van der Waals surface area contributed by atoms with Gasteiger partial charge in [0.05, 0.1) is 6.20 Å². The molecule has 0 amide bonds. The van der Waals surface area contributed by atoms with Gasteiger partial charge in [-0.25, -0.2) is 4.98 Å². The lowest BCUT2D eigenvalue weighted by Crippen LogP contribution is -2.37. The SMILES string of the molecule is CC(C)(C)NCCc1ncc(C2CCCCCC2)o1. The maximum absolute atomic E-state index is 5.94. The molecule has 0 unspecified atom stereocenters. The molecule has 108 valence electrons. The smallest absolute Gasteiger partial charge is 0.195 e. The van der Waals surface area contributed by atoms with E-state index in [4.69, 9.17) is 4.42 Å². The quantitative estimate of drug-likeness (QED) is 0.834. The van der Waals surface area contributed by atoms with Crippen molar-refractivity contribution >= 4 is 0 Å². The van der Waals surface area contributed by atoms with Crippen molar-refractivity contribution in [3.8, 4) is 0 Å². The van der Waals surface area contributed by atoms with Crippen molar-refractivity contribution in [2.24, 2.45) is 0 Å². The number of nitrogens with one attached hydrogen (secondary N) is 1. The first-order valence-corrected chi connectivity index (χ1v) is 7.74. The Morgan fingerprint density at radius 3 is 2.53 bits per heavy atom. The lowest BCUT2D eigenvalue weighted by molar-refractivity contribution is 0.383. The molecule has 0 radical (unpaired) electrons. The second-order valence-corrected chi connectivity index (χ2v) is 6.77. The minimum Gasteiger partial charge on any atom is -0.445 e. The van der Waals surface area contributed by atoms with Crippen molar-refractivity contribution in [2.45, 2.75) is 77.2 Å². The molecular formula is C16H28N2O. The fourth-order valence-corrected chi connectivity index (χ4v) is 2.74. The van der Waals surface area contributed by atoms with Crippen LogP contribution < -0.4 is 5.32 Å². The lowest BCUT2D eigenvalue weighted by atomic mass is 9.98. The Labute approximate surface area is 117 Å². The van der Waals surface area contributed by atoms with Gasteiger partial charge in [0, 0.05) is 24.4 Å². The van der Waals surface area contributed by atoms with Crippen LogP contribution in [0.4, 0.5) is 0 Å². The van der Waals surface area contributed by atoms with Gasteiger partial charge in [-0.2, -0.15) is 0 Å². The molecule has 1 saturated carbocycles. The van der Waals surface area contributed by atoms with E-state index in [2.05, 4.69) is 31.1 Å². The van der Waals surface area contributed by atoms with E-state index in [1.165, 1.54) is 38.5 Å². The number of nitrogens with zero attached hydrogens (tertiary/aromatic N) is 1. The van der Waals surface area contributed by atoms with E-state index in [9.17, 15) is 0 Å². The van der Waals surface area contributed by atoms with Crippen molar-refractivity contribution < 1.29 is 4.42 Å². The molecule has 0 atom stereocenters. The predicted octanol–water partition coefficient (Wildman–Crippen LogP) is 4.04. The average Bonchev–Trinajstić information content (AvgIpc) is 2.62. The summed E-state index contributed by atoms with van der Waals surface area (Å²) in [5, 5.41) is 3.47. The van der Waals surface area contributed by atoms with Gasteiger partial charge in [0.25, 0.3) is 0 Å². The first-order chi connectivity index (χ1) is 9.04. The Kier molecular flexibility index (Phi) is 5.03. The molecule has 0 saturated heterocycles. The molecule has 0 bridgehead atoms. The van der Waals surface area contributed by atoms with Crippen molar-refractivity contribution in [2.75, 3.05) is 6.54 Å². The van der Waals surface area contributed by atoms with Crippen molar-refractivity contribution in [1.29, 1.82) is 0 Å². The summed E-state index contributed by atoms with van der Waals surface area (Å²) < 4.78 is 5.94. The van der Waals surface area contributed by atoms with Crippen LogP contribution in [-0.2, 0) is 6.42 Å². The molecule has 0 aromatic carbocycles. The highest BCUT2D eigenvalue weighted by Gasteiger charge is 2.18. The van der Waals surface area contributed by atoms with Gasteiger partial charge in [-0.1, -0.05) is 25.7 Å². The molecule has 1 aliphatic carbocycles. The predicted molar refractivity (Wildman–Crippen MR) is 78.4 cm³/mol. The Balaban J connectivity index is 1.84. The fraction of sp³-hybridized carbons (Fsp3) is 0.812. The number of aromatic nitrogens is 1. The first-order valence-electron chi connectivity index (χ1n) is 7.74. The molecule has 2 rings (SSSR count). The zero-order chi connectivity index (χ0) is 13.7.